The number of aromatic nitrogens is 1. The van der Waals surface area contributed by atoms with Crippen LogP contribution in [-0.2, 0) is 13.0 Å². The zero-order valence-corrected chi connectivity index (χ0v) is 23.7. The molecule has 2 atom stereocenters. The van der Waals surface area contributed by atoms with Gasteiger partial charge in [0.05, 0.1) is 48.7 Å². The molecular formula is C32H38N4O5. The van der Waals surface area contributed by atoms with E-state index in [-0.39, 0.29) is 12.2 Å². The first-order valence-electron chi connectivity index (χ1n) is 13.9. The maximum atomic E-state index is 12.5. The van der Waals surface area contributed by atoms with Gasteiger partial charge in [-0.2, -0.15) is 0 Å². The minimum atomic E-state index is -0.866. The number of nitrogens with zero attached hydrogens (tertiary/aromatic N) is 1. The molecule has 0 spiro atoms. The van der Waals surface area contributed by atoms with Crippen molar-refractivity contribution in [3.05, 3.63) is 89.1 Å². The van der Waals surface area contributed by atoms with E-state index in [4.69, 9.17) is 15.2 Å². The highest BCUT2D eigenvalue weighted by molar-refractivity contribution is 6.08. The van der Waals surface area contributed by atoms with E-state index >= 15 is 0 Å². The largest absolute Gasteiger partial charge is 0.490 e. The van der Waals surface area contributed by atoms with E-state index in [2.05, 4.69) is 15.6 Å². The topological polar surface area (TPSA) is 139 Å². The number of nitrogens with one attached hydrogen (secondary N) is 2. The van der Waals surface area contributed by atoms with Gasteiger partial charge in [-0.05, 0) is 49.1 Å². The lowest BCUT2D eigenvalue weighted by Crippen LogP contribution is -2.37. The molecule has 4 rings (SSSR count). The molecule has 0 bridgehead atoms. The predicted octanol–water partition coefficient (Wildman–Crippen LogP) is 4.62. The summed E-state index contributed by atoms with van der Waals surface area (Å²) in [6.45, 7) is 6.94. The van der Waals surface area contributed by atoms with E-state index in [9.17, 15) is 15.0 Å². The second kappa shape index (κ2) is 13.9. The molecule has 216 valence electrons. The Hall–Kier alpha value is -4.18. The Morgan fingerprint density at radius 3 is 2.34 bits per heavy atom. The summed E-state index contributed by atoms with van der Waals surface area (Å²) < 4.78 is 11.6. The Bertz CT molecular complexity index is 1480. The summed E-state index contributed by atoms with van der Waals surface area (Å²) in [6, 6.07) is 18.2. The molecule has 0 saturated carbocycles. The van der Waals surface area contributed by atoms with Crippen LogP contribution >= 0.6 is 0 Å². The molecule has 9 heteroatoms. The number of nitrogens with two attached hydrogens (primary N) is 1. The maximum absolute atomic E-state index is 12.5. The smallest absolute Gasteiger partial charge is 0.252 e. The number of hydrogen-bond donors (Lipinski definition) is 5. The van der Waals surface area contributed by atoms with Crippen LogP contribution in [0.5, 0.6) is 11.5 Å². The summed E-state index contributed by atoms with van der Waals surface area (Å²) in [5, 5.41) is 28.3. The fourth-order valence-electron chi connectivity index (χ4n) is 4.93. The standard InChI is InChI=1S/C32H38N4O5/c1-4-22-21(17-34-27(19-37)31(38)20-11-8-7-9-12-20)13-10-14-25(22)36-30-23-15-28(40-5-2)29(41-6-3)16-26(23)35-18-24(30)32(33)39/h7-16,18,27,31,34,37-38H,4-6,17,19H2,1-3H3,(H2,33,39)(H,35,36)/t27-,31-/m0/s1. The van der Waals surface area contributed by atoms with E-state index in [1.165, 1.54) is 6.20 Å². The molecule has 0 unspecified atom stereocenters. The third-order valence-electron chi connectivity index (χ3n) is 6.96. The molecule has 1 heterocycles. The van der Waals surface area contributed by atoms with Gasteiger partial charge in [0.1, 0.15) is 0 Å². The Balaban J connectivity index is 1.70. The molecule has 9 nitrogen and oxygen atoms in total. The van der Waals surface area contributed by atoms with Crippen molar-refractivity contribution < 1.29 is 24.5 Å². The van der Waals surface area contributed by atoms with E-state index < -0.39 is 18.1 Å². The molecule has 1 amide bonds. The van der Waals surface area contributed by atoms with Gasteiger partial charge in [0.15, 0.2) is 11.5 Å². The van der Waals surface area contributed by atoms with Crippen molar-refractivity contribution >= 4 is 28.2 Å². The number of hydrogen-bond acceptors (Lipinski definition) is 8. The first kappa shape index (κ1) is 29.8. The van der Waals surface area contributed by atoms with E-state index in [1.807, 2.05) is 75.4 Å². The van der Waals surface area contributed by atoms with E-state index in [0.29, 0.717) is 54.3 Å². The van der Waals surface area contributed by atoms with Crippen LogP contribution in [0.3, 0.4) is 0 Å². The molecule has 0 aliphatic heterocycles. The number of pyridine rings is 1. The average Bonchev–Trinajstić information content (AvgIpc) is 2.98. The van der Waals surface area contributed by atoms with Gasteiger partial charge in [-0.3, -0.25) is 9.78 Å². The molecule has 3 aromatic carbocycles. The summed E-state index contributed by atoms with van der Waals surface area (Å²) in [4.78, 5) is 17.0. The lowest BCUT2D eigenvalue weighted by Gasteiger charge is -2.24. The zero-order valence-electron chi connectivity index (χ0n) is 23.7. The van der Waals surface area contributed by atoms with Crippen molar-refractivity contribution in [2.24, 2.45) is 5.73 Å². The van der Waals surface area contributed by atoms with Gasteiger partial charge in [0, 0.05) is 29.9 Å². The summed E-state index contributed by atoms with van der Waals surface area (Å²) >= 11 is 0. The van der Waals surface area contributed by atoms with E-state index in [0.717, 1.165) is 22.4 Å². The van der Waals surface area contributed by atoms with Crippen LogP contribution in [0, 0.1) is 0 Å². The van der Waals surface area contributed by atoms with Crippen molar-refractivity contribution in [3.8, 4) is 11.5 Å². The fourth-order valence-corrected chi connectivity index (χ4v) is 4.93. The number of benzene rings is 3. The van der Waals surface area contributed by atoms with Gasteiger partial charge < -0.3 is 36.1 Å². The van der Waals surface area contributed by atoms with Crippen LogP contribution < -0.4 is 25.8 Å². The van der Waals surface area contributed by atoms with Crippen LogP contribution in [0.15, 0.2) is 66.9 Å². The molecule has 0 aliphatic rings. The van der Waals surface area contributed by atoms with Gasteiger partial charge in [0.25, 0.3) is 5.91 Å². The van der Waals surface area contributed by atoms with Crippen molar-refractivity contribution in [2.75, 3.05) is 25.1 Å². The van der Waals surface area contributed by atoms with Gasteiger partial charge in [-0.25, -0.2) is 0 Å². The van der Waals surface area contributed by atoms with Crippen molar-refractivity contribution in [1.82, 2.24) is 10.3 Å². The minimum Gasteiger partial charge on any atom is -0.490 e. The van der Waals surface area contributed by atoms with Gasteiger partial charge in [-0.15, -0.1) is 0 Å². The second-order valence-electron chi connectivity index (χ2n) is 9.54. The number of carbonyl (C=O) groups excluding carboxylic acids is 1. The number of amides is 1. The highest BCUT2D eigenvalue weighted by atomic mass is 16.5. The number of rotatable bonds is 14. The van der Waals surface area contributed by atoms with E-state index in [1.54, 1.807) is 6.07 Å². The Labute approximate surface area is 240 Å². The number of aliphatic hydroxyl groups is 2. The van der Waals surface area contributed by atoms with Crippen molar-refractivity contribution in [3.63, 3.8) is 0 Å². The van der Waals surface area contributed by atoms with Crippen molar-refractivity contribution in [1.29, 1.82) is 0 Å². The predicted molar refractivity (Wildman–Crippen MR) is 161 cm³/mol. The van der Waals surface area contributed by atoms with Gasteiger partial charge >= 0.3 is 0 Å². The lowest BCUT2D eigenvalue weighted by atomic mass is 9.99. The first-order valence-corrected chi connectivity index (χ1v) is 13.9. The Kier molecular flexibility index (Phi) is 10.1. The Morgan fingerprint density at radius 1 is 1.00 bits per heavy atom. The summed E-state index contributed by atoms with van der Waals surface area (Å²) in [5.74, 6) is 0.518. The number of ether oxygens (including phenoxy) is 2. The fraction of sp³-hybridized carbons (Fsp3) is 0.312. The zero-order chi connectivity index (χ0) is 29.4. The van der Waals surface area contributed by atoms with Gasteiger partial charge in [-0.1, -0.05) is 49.4 Å². The molecular weight excluding hydrogens is 520 g/mol. The quantitative estimate of drug-likeness (QED) is 0.151. The number of fused-ring (bicyclic) bond motifs is 1. The number of carbonyl (C=O) groups is 1. The number of aliphatic hydroxyl groups excluding tert-OH is 2. The molecule has 6 N–H and O–H groups in total. The van der Waals surface area contributed by atoms with Crippen LogP contribution in [-0.4, -0.2) is 47.0 Å². The highest BCUT2D eigenvalue weighted by Crippen LogP contribution is 2.38. The monoisotopic (exact) mass is 558 g/mol. The first-order chi connectivity index (χ1) is 19.9. The highest BCUT2D eigenvalue weighted by Gasteiger charge is 2.21. The Morgan fingerprint density at radius 2 is 1.71 bits per heavy atom. The number of primary amides is 1. The molecule has 41 heavy (non-hydrogen) atoms. The molecule has 0 aliphatic carbocycles. The summed E-state index contributed by atoms with van der Waals surface area (Å²) in [6.07, 6.45) is 1.30. The molecule has 4 aromatic rings. The molecule has 0 radical (unpaired) electrons. The van der Waals surface area contributed by atoms with Crippen LogP contribution in [0.25, 0.3) is 10.9 Å². The average molecular weight is 559 g/mol. The lowest BCUT2D eigenvalue weighted by molar-refractivity contribution is 0.0891. The van der Waals surface area contributed by atoms with Crippen molar-refractivity contribution in [2.45, 2.75) is 45.9 Å². The van der Waals surface area contributed by atoms with Gasteiger partial charge in [0.2, 0.25) is 0 Å². The number of anilines is 2. The van der Waals surface area contributed by atoms with Crippen LogP contribution in [0.1, 0.15) is 53.9 Å². The molecule has 1 aromatic heterocycles. The maximum Gasteiger partial charge on any atom is 0.252 e. The summed E-state index contributed by atoms with van der Waals surface area (Å²) in [5.41, 5.74) is 10.7. The third kappa shape index (κ3) is 6.77. The van der Waals surface area contributed by atoms with Crippen LogP contribution in [0.4, 0.5) is 11.4 Å². The SMILES string of the molecule is CCOc1cc2ncc(C(N)=O)c(Nc3cccc(CN[C@@H](CO)[C@@H](O)c4ccccc4)c3CC)c2cc1OCC. The van der Waals surface area contributed by atoms with Crippen LogP contribution in [0.2, 0.25) is 0 Å². The molecule has 0 fully saturated rings. The summed E-state index contributed by atoms with van der Waals surface area (Å²) in [7, 11) is 0. The second-order valence-corrected chi connectivity index (χ2v) is 9.54. The third-order valence-corrected chi connectivity index (χ3v) is 6.96. The normalized spacial score (nSPS) is 12.6. The molecule has 0 saturated heterocycles. The minimum absolute atomic E-state index is 0.230.